The summed E-state index contributed by atoms with van der Waals surface area (Å²) < 4.78 is 2.40. The zero-order valence-corrected chi connectivity index (χ0v) is 30.1. The molecule has 0 saturated heterocycles. The fourth-order valence-electron chi connectivity index (χ4n) is 5.89. The third-order valence-corrected chi connectivity index (χ3v) is 8.50. The van der Waals surface area contributed by atoms with Crippen molar-refractivity contribution < 1.29 is 5.11 Å². The monoisotopic (exact) mass is 633 g/mol. The Morgan fingerprint density at radius 1 is 1.04 bits per heavy atom. The normalized spacial score (nSPS) is 12.0. The molecule has 0 aliphatic rings. The van der Waals surface area contributed by atoms with Gasteiger partial charge in [0.1, 0.15) is 0 Å². The summed E-state index contributed by atoms with van der Waals surface area (Å²) in [5, 5.41) is 20.5. The SMILES string of the molecule is C=CCCC(C)(C)Cc1c(-c2cccnc2C(C)O)n(CC)c2ccc(NCCCCCC)cc12.C=CN(C)NCCCCNC. The van der Waals surface area contributed by atoms with E-state index in [0.29, 0.717) is 0 Å². The maximum atomic E-state index is 10.6. The molecule has 7 heteroatoms. The summed E-state index contributed by atoms with van der Waals surface area (Å²) in [6.07, 6.45) is 15.4. The molecule has 256 valence electrons. The Hall–Kier alpha value is -3.13. The smallest absolute Gasteiger partial charge is 0.0938 e. The molecule has 0 radical (unpaired) electrons. The van der Waals surface area contributed by atoms with E-state index in [1.54, 1.807) is 19.3 Å². The number of aliphatic hydroxyl groups is 1. The van der Waals surface area contributed by atoms with Crippen LogP contribution >= 0.6 is 0 Å². The van der Waals surface area contributed by atoms with Gasteiger partial charge in [-0.1, -0.05) is 52.7 Å². The molecule has 0 aliphatic heterocycles. The Kier molecular flexibility index (Phi) is 17.7. The number of fused-ring (bicyclic) bond motifs is 1. The second-order valence-corrected chi connectivity index (χ2v) is 13.1. The maximum Gasteiger partial charge on any atom is 0.0938 e. The number of hydrogen-bond acceptors (Lipinski definition) is 6. The average Bonchev–Trinajstić information content (AvgIpc) is 3.35. The van der Waals surface area contributed by atoms with Crippen molar-refractivity contribution in [3.8, 4) is 11.3 Å². The number of hydrogen-bond donors (Lipinski definition) is 4. The fraction of sp³-hybridized carbons (Fsp3) is 0.564. The van der Waals surface area contributed by atoms with Crippen LogP contribution in [-0.4, -0.2) is 53.4 Å². The van der Waals surface area contributed by atoms with Crippen molar-refractivity contribution in [1.82, 2.24) is 25.3 Å². The van der Waals surface area contributed by atoms with Gasteiger partial charge in [-0.05, 0) is 107 Å². The van der Waals surface area contributed by atoms with Gasteiger partial charge in [-0.3, -0.25) is 4.98 Å². The lowest BCUT2D eigenvalue weighted by molar-refractivity contribution is 0.195. The largest absolute Gasteiger partial charge is 0.387 e. The molecule has 0 bridgehead atoms. The Morgan fingerprint density at radius 3 is 2.43 bits per heavy atom. The summed E-state index contributed by atoms with van der Waals surface area (Å²) in [6.45, 7) is 22.5. The Labute approximate surface area is 280 Å². The number of pyridine rings is 1. The first-order valence-corrected chi connectivity index (χ1v) is 17.5. The molecule has 3 aromatic rings. The van der Waals surface area contributed by atoms with Crippen molar-refractivity contribution in [2.75, 3.05) is 39.0 Å². The molecule has 0 spiro atoms. The Balaban J connectivity index is 0.000000572. The lowest BCUT2D eigenvalue weighted by Crippen LogP contribution is -2.30. The van der Waals surface area contributed by atoms with Gasteiger partial charge in [-0.25, -0.2) is 5.43 Å². The Morgan fingerprint density at radius 2 is 1.78 bits per heavy atom. The number of aliphatic hydroxyl groups excluding tert-OH is 1. The number of aryl methyl sites for hydroxylation is 1. The highest BCUT2D eigenvalue weighted by molar-refractivity contribution is 5.94. The number of rotatable bonds is 21. The quantitative estimate of drug-likeness (QED) is 0.0534. The third-order valence-electron chi connectivity index (χ3n) is 8.50. The average molecular weight is 633 g/mol. The zero-order chi connectivity index (χ0) is 34.0. The van der Waals surface area contributed by atoms with Crippen molar-refractivity contribution in [2.24, 2.45) is 5.41 Å². The summed E-state index contributed by atoms with van der Waals surface area (Å²) in [7, 11) is 3.92. The van der Waals surface area contributed by atoms with Gasteiger partial charge in [0.25, 0.3) is 0 Å². The highest BCUT2D eigenvalue weighted by Gasteiger charge is 2.27. The minimum absolute atomic E-state index is 0.118. The first-order valence-electron chi connectivity index (χ1n) is 17.5. The number of anilines is 1. The minimum atomic E-state index is -0.628. The van der Waals surface area contributed by atoms with Crippen molar-refractivity contribution in [2.45, 2.75) is 105 Å². The number of nitrogens with one attached hydrogen (secondary N) is 3. The Bertz CT molecular complexity index is 1310. The van der Waals surface area contributed by atoms with Crippen LogP contribution in [0.5, 0.6) is 0 Å². The van der Waals surface area contributed by atoms with Gasteiger partial charge in [0, 0.05) is 61.2 Å². The van der Waals surface area contributed by atoms with E-state index in [1.807, 2.05) is 31.2 Å². The minimum Gasteiger partial charge on any atom is -0.387 e. The summed E-state index contributed by atoms with van der Waals surface area (Å²) in [6, 6.07) is 10.9. The number of aromatic nitrogens is 2. The van der Waals surface area contributed by atoms with E-state index in [-0.39, 0.29) is 5.41 Å². The predicted molar refractivity (Wildman–Crippen MR) is 200 cm³/mol. The van der Waals surface area contributed by atoms with Gasteiger partial charge in [0.05, 0.1) is 17.5 Å². The van der Waals surface area contributed by atoms with Crippen LogP contribution in [0.3, 0.4) is 0 Å². The number of hydrazine groups is 1. The predicted octanol–water partition coefficient (Wildman–Crippen LogP) is 8.87. The number of nitrogens with zero attached hydrogens (tertiary/aromatic N) is 3. The van der Waals surface area contributed by atoms with Gasteiger partial charge in [-0.2, -0.15) is 0 Å². The second-order valence-electron chi connectivity index (χ2n) is 13.1. The molecule has 1 atom stereocenters. The lowest BCUT2D eigenvalue weighted by atomic mass is 9.80. The number of unbranched alkanes of at least 4 members (excludes halogenated alkanes) is 4. The summed E-state index contributed by atoms with van der Waals surface area (Å²) in [5.41, 5.74) is 10.0. The van der Waals surface area contributed by atoms with Crippen LogP contribution in [0.25, 0.3) is 22.2 Å². The molecule has 0 saturated carbocycles. The molecule has 4 N–H and O–H groups in total. The van der Waals surface area contributed by atoms with Crippen LogP contribution in [0.4, 0.5) is 5.69 Å². The van der Waals surface area contributed by atoms with Crippen LogP contribution in [0.15, 0.2) is 62.0 Å². The summed E-state index contributed by atoms with van der Waals surface area (Å²) >= 11 is 0. The van der Waals surface area contributed by atoms with Crippen molar-refractivity contribution in [1.29, 1.82) is 0 Å². The van der Waals surface area contributed by atoms with Gasteiger partial charge in [0.2, 0.25) is 0 Å². The van der Waals surface area contributed by atoms with Gasteiger partial charge < -0.3 is 25.3 Å². The standard InChI is InChI=1S/C31H45N3O.C8H19N3/c1-7-10-12-13-19-32-24-16-17-28-26(21-24)27(22-31(5,6)18-11-8-2)30(34(28)9-3)25-15-14-20-33-29(25)23(4)35;1-4-11(3)10-8-6-5-7-9-2/h8,14-17,20-21,23,32,35H,2,7,9-13,18-19,22H2,1,3-6H3;4,9-10H,1,5-8H2,2-3H3. The van der Waals surface area contributed by atoms with Gasteiger partial charge >= 0.3 is 0 Å². The van der Waals surface area contributed by atoms with Crippen LogP contribution in [0.1, 0.15) is 103 Å². The zero-order valence-electron chi connectivity index (χ0n) is 30.1. The van der Waals surface area contributed by atoms with Crippen molar-refractivity contribution in [3.05, 3.63) is 73.2 Å². The molecule has 7 nitrogen and oxygen atoms in total. The van der Waals surface area contributed by atoms with Crippen molar-refractivity contribution in [3.63, 3.8) is 0 Å². The highest BCUT2D eigenvalue weighted by Crippen LogP contribution is 2.41. The van der Waals surface area contributed by atoms with E-state index >= 15 is 0 Å². The molecule has 0 amide bonds. The molecule has 46 heavy (non-hydrogen) atoms. The van der Waals surface area contributed by atoms with E-state index < -0.39 is 6.10 Å². The maximum absolute atomic E-state index is 10.6. The molecule has 3 rings (SSSR count). The fourth-order valence-corrected chi connectivity index (χ4v) is 5.89. The second kappa shape index (κ2) is 20.9. The molecule has 2 heterocycles. The third kappa shape index (κ3) is 12.2. The van der Waals surface area contributed by atoms with Crippen LogP contribution in [0, 0.1) is 5.41 Å². The highest BCUT2D eigenvalue weighted by atomic mass is 16.3. The van der Waals surface area contributed by atoms with Crippen LogP contribution in [-0.2, 0) is 13.0 Å². The van der Waals surface area contributed by atoms with Crippen LogP contribution in [0.2, 0.25) is 0 Å². The number of allylic oxidation sites excluding steroid dienone is 1. The molecule has 1 unspecified atom stereocenters. The van der Waals surface area contributed by atoms with Crippen LogP contribution < -0.4 is 16.1 Å². The lowest BCUT2D eigenvalue weighted by Gasteiger charge is -2.25. The number of benzene rings is 1. The topological polar surface area (TPSA) is 77.4 Å². The molecule has 1 aromatic carbocycles. The summed E-state index contributed by atoms with van der Waals surface area (Å²) in [5.74, 6) is 0. The first-order chi connectivity index (χ1) is 22.1. The van der Waals surface area contributed by atoms with E-state index in [2.05, 4.69) is 90.7 Å². The molecular weight excluding hydrogens is 568 g/mol. The molecular formula is C39H64N6O. The van der Waals surface area contributed by atoms with E-state index in [9.17, 15) is 5.11 Å². The molecule has 0 fully saturated rings. The van der Waals surface area contributed by atoms with E-state index in [4.69, 9.17) is 0 Å². The summed E-state index contributed by atoms with van der Waals surface area (Å²) in [4.78, 5) is 4.58. The van der Waals surface area contributed by atoms with E-state index in [0.717, 1.165) is 56.7 Å². The first kappa shape index (κ1) is 39.1. The van der Waals surface area contributed by atoms with Gasteiger partial charge in [-0.15, -0.1) is 6.58 Å². The van der Waals surface area contributed by atoms with Crippen molar-refractivity contribution >= 4 is 16.6 Å². The molecule has 0 aliphatic carbocycles. The molecule has 2 aromatic heterocycles. The van der Waals surface area contributed by atoms with Gasteiger partial charge in [0.15, 0.2) is 0 Å². The van der Waals surface area contributed by atoms with E-state index in [1.165, 1.54) is 66.4 Å².